The molecule has 1 aromatic rings. The normalized spacial score (nSPS) is 29.6. The number of benzene rings is 1. The molecule has 0 amide bonds. The van der Waals surface area contributed by atoms with Crippen LogP contribution in [-0.2, 0) is 0 Å². The Hall–Kier alpha value is -1.62. The Morgan fingerprint density at radius 3 is 2.21 bits per heavy atom. The fraction of sp³-hybridized carbons (Fsp3) is 0.667. The Morgan fingerprint density at radius 1 is 1.00 bits per heavy atom. The third-order valence-electron chi connectivity index (χ3n) is 6.53. The number of rotatable bonds is 8. The number of allylic oxidation sites excluding steroid dienone is 1. The Balaban J connectivity index is 1.47. The molecule has 0 unspecified atom stereocenters. The molecule has 1 aromatic carbocycles. The van der Waals surface area contributed by atoms with Gasteiger partial charge in [-0.05, 0) is 81.8 Å². The Kier molecular flexibility index (Phi) is 7.55. The summed E-state index contributed by atoms with van der Waals surface area (Å²) in [6, 6.07) is 2.86. The minimum absolute atomic E-state index is 0.0431. The van der Waals surface area contributed by atoms with E-state index >= 15 is 0 Å². The van der Waals surface area contributed by atoms with Crippen molar-refractivity contribution in [3.63, 3.8) is 0 Å². The number of halogens is 2. The average Bonchev–Trinajstić information content (AvgIpc) is 2.72. The Morgan fingerprint density at radius 2 is 1.66 bits per heavy atom. The quantitative estimate of drug-likeness (QED) is 0.533. The summed E-state index contributed by atoms with van der Waals surface area (Å²) >= 11 is 0. The van der Waals surface area contributed by atoms with E-state index in [2.05, 4.69) is 13.0 Å². The van der Waals surface area contributed by atoms with Crippen LogP contribution in [0.15, 0.2) is 24.3 Å². The molecule has 2 atom stereocenters. The van der Waals surface area contributed by atoms with Crippen LogP contribution in [0, 0.1) is 29.4 Å². The molecule has 162 valence electrons. The van der Waals surface area contributed by atoms with Crippen LogP contribution >= 0.6 is 0 Å². The van der Waals surface area contributed by atoms with Gasteiger partial charge in [0.25, 0.3) is 0 Å². The largest absolute Gasteiger partial charge is 0.491 e. The zero-order chi connectivity index (χ0) is 20.9. The second kappa shape index (κ2) is 9.92. The molecule has 3 rings (SSSR count). The van der Waals surface area contributed by atoms with Crippen LogP contribution < -0.4 is 9.47 Å². The van der Waals surface area contributed by atoms with Crippen LogP contribution in [-0.4, -0.2) is 23.9 Å². The van der Waals surface area contributed by atoms with Crippen LogP contribution in [0.5, 0.6) is 11.5 Å². The molecule has 0 saturated heterocycles. The van der Waals surface area contributed by atoms with Gasteiger partial charge < -0.3 is 14.6 Å². The molecule has 0 spiro atoms. The lowest BCUT2D eigenvalue weighted by Gasteiger charge is -2.37. The smallest absolute Gasteiger partial charge is 0.204 e. The van der Waals surface area contributed by atoms with E-state index < -0.39 is 17.2 Å². The van der Waals surface area contributed by atoms with Crippen molar-refractivity contribution in [1.82, 2.24) is 0 Å². The monoisotopic (exact) mass is 408 g/mol. The maximum atomic E-state index is 14.2. The maximum absolute atomic E-state index is 14.2. The van der Waals surface area contributed by atoms with Crippen molar-refractivity contribution < 1.29 is 23.4 Å². The molecule has 1 saturated carbocycles. The minimum Gasteiger partial charge on any atom is -0.491 e. The highest BCUT2D eigenvalue weighted by Crippen LogP contribution is 2.40. The molecule has 0 radical (unpaired) electrons. The highest BCUT2D eigenvalue weighted by atomic mass is 19.2. The molecular weight excluding hydrogens is 374 g/mol. The molecule has 2 aliphatic rings. The first-order valence-electron chi connectivity index (χ1n) is 11.1. The van der Waals surface area contributed by atoms with Gasteiger partial charge in [0.2, 0.25) is 11.6 Å². The number of ether oxygens (including phenoxy) is 2. The summed E-state index contributed by atoms with van der Waals surface area (Å²) in [4.78, 5) is 0. The van der Waals surface area contributed by atoms with E-state index in [0.29, 0.717) is 24.4 Å². The van der Waals surface area contributed by atoms with Gasteiger partial charge >= 0.3 is 0 Å². The molecule has 29 heavy (non-hydrogen) atoms. The first-order chi connectivity index (χ1) is 14.0. The van der Waals surface area contributed by atoms with E-state index in [0.717, 1.165) is 51.4 Å². The van der Waals surface area contributed by atoms with Gasteiger partial charge in [0.05, 0.1) is 18.8 Å². The van der Waals surface area contributed by atoms with Gasteiger partial charge in [-0.25, -0.2) is 0 Å². The van der Waals surface area contributed by atoms with Crippen LogP contribution in [0.2, 0.25) is 0 Å². The van der Waals surface area contributed by atoms with E-state index in [1.807, 2.05) is 6.08 Å². The molecule has 0 heterocycles. The molecule has 0 aliphatic heterocycles. The van der Waals surface area contributed by atoms with Gasteiger partial charge in [-0.15, -0.1) is 0 Å². The second-order valence-electron chi connectivity index (χ2n) is 8.63. The van der Waals surface area contributed by atoms with E-state index in [1.165, 1.54) is 12.1 Å². The SMILES string of the molecule is CCC[C@@]1(O)C=C[C@H](C2CCC(COc3ccc(OCC)c(F)c3F)CC2)CC1. The summed E-state index contributed by atoms with van der Waals surface area (Å²) in [5.41, 5.74) is -0.604. The number of hydrogen-bond acceptors (Lipinski definition) is 3. The van der Waals surface area contributed by atoms with Crippen molar-refractivity contribution in [1.29, 1.82) is 0 Å². The zero-order valence-electron chi connectivity index (χ0n) is 17.6. The fourth-order valence-corrected chi connectivity index (χ4v) is 4.82. The van der Waals surface area contributed by atoms with Gasteiger partial charge in [-0.2, -0.15) is 8.78 Å². The predicted molar refractivity (Wildman–Crippen MR) is 110 cm³/mol. The first kappa shape index (κ1) is 22.1. The molecule has 0 aromatic heterocycles. The lowest BCUT2D eigenvalue weighted by atomic mass is 9.71. The lowest BCUT2D eigenvalue weighted by molar-refractivity contribution is 0.0509. The molecule has 2 aliphatic carbocycles. The van der Waals surface area contributed by atoms with Crippen molar-refractivity contribution in [3.05, 3.63) is 35.9 Å². The topological polar surface area (TPSA) is 38.7 Å². The van der Waals surface area contributed by atoms with Crippen molar-refractivity contribution in [2.45, 2.75) is 70.8 Å². The van der Waals surface area contributed by atoms with Crippen molar-refractivity contribution in [2.24, 2.45) is 17.8 Å². The molecular formula is C24H34F2O3. The zero-order valence-corrected chi connectivity index (χ0v) is 17.6. The summed E-state index contributed by atoms with van der Waals surface area (Å²) in [6.07, 6.45) is 12.3. The van der Waals surface area contributed by atoms with Crippen molar-refractivity contribution in [2.75, 3.05) is 13.2 Å². The molecule has 0 bridgehead atoms. The van der Waals surface area contributed by atoms with Gasteiger partial charge in [0, 0.05) is 0 Å². The summed E-state index contributed by atoms with van der Waals surface area (Å²) < 4.78 is 38.8. The molecule has 3 nitrogen and oxygen atoms in total. The molecule has 1 N–H and O–H groups in total. The standard InChI is InChI=1S/C24H34F2O3/c1-3-13-24(27)14-11-19(12-15-24)18-7-5-17(6-8-18)16-29-21-10-9-20(28-4-2)22(25)23(21)26/h9-11,14,17-19,27H,3-8,12-13,15-16H2,1-2H3/t17?,18?,19-,24+/m0/s1. The lowest BCUT2D eigenvalue weighted by Crippen LogP contribution is -2.32. The van der Waals surface area contributed by atoms with Crippen molar-refractivity contribution in [3.8, 4) is 11.5 Å². The number of hydrogen-bond donors (Lipinski definition) is 1. The average molecular weight is 409 g/mol. The van der Waals surface area contributed by atoms with E-state index in [-0.39, 0.29) is 18.1 Å². The van der Waals surface area contributed by atoms with E-state index in [9.17, 15) is 13.9 Å². The van der Waals surface area contributed by atoms with Crippen molar-refractivity contribution >= 4 is 0 Å². The summed E-state index contributed by atoms with van der Waals surface area (Å²) in [5, 5.41) is 10.5. The number of aliphatic hydroxyl groups is 1. The highest BCUT2D eigenvalue weighted by Gasteiger charge is 2.33. The van der Waals surface area contributed by atoms with Gasteiger partial charge in [0.15, 0.2) is 11.5 Å². The maximum Gasteiger partial charge on any atom is 0.204 e. The van der Waals surface area contributed by atoms with Crippen LogP contribution in [0.3, 0.4) is 0 Å². The fourth-order valence-electron chi connectivity index (χ4n) is 4.82. The Bertz CT molecular complexity index is 698. The highest BCUT2D eigenvalue weighted by molar-refractivity contribution is 5.35. The van der Waals surface area contributed by atoms with Crippen LogP contribution in [0.25, 0.3) is 0 Å². The summed E-state index contributed by atoms with van der Waals surface area (Å²) in [7, 11) is 0. The van der Waals surface area contributed by atoms with Gasteiger partial charge in [0.1, 0.15) is 0 Å². The third kappa shape index (κ3) is 5.50. The predicted octanol–water partition coefficient (Wildman–Crippen LogP) is 6.05. The van der Waals surface area contributed by atoms with E-state index in [1.54, 1.807) is 6.92 Å². The summed E-state index contributed by atoms with van der Waals surface area (Å²) in [6.45, 7) is 4.53. The van der Waals surface area contributed by atoms with Crippen LogP contribution in [0.4, 0.5) is 8.78 Å². The van der Waals surface area contributed by atoms with Gasteiger partial charge in [-0.3, -0.25) is 0 Å². The summed E-state index contributed by atoms with van der Waals surface area (Å²) in [5.74, 6) is -0.524. The van der Waals surface area contributed by atoms with Crippen LogP contribution in [0.1, 0.15) is 65.2 Å². The molecule has 1 fully saturated rings. The first-order valence-corrected chi connectivity index (χ1v) is 11.1. The minimum atomic E-state index is -0.986. The van der Waals surface area contributed by atoms with Gasteiger partial charge in [-0.1, -0.05) is 25.5 Å². The molecule has 5 heteroatoms. The third-order valence-corrected chi connectivity index (χ3v) is 6.53. The van der Waals surface area contributed by atoms with E-state index in [4.69, 9.17) is 9.47 Å². The Labute approximate surface area is 173 Å². The second-order valence-corrected chi connectivity index (χ2v) is 8.63.